The van der Waals surface area contributed by atoms with Gasteiger partial charge in [-0.2, -0.15) is 28.1 Å². The average molecular weight is 285 g/mol. The van der Waals surface area contributed by atoms with Gasteiger partial charge in [-0.25, -0.2) is 0 Å². The number of ether oxygens (including phenoxy) is 1. The van der Waals surface area contributed by atoms with Crippen LogP contribution in [0.3, 0.4) is 0 Å². The van der Waals surface area contributed by atoms with Crippen LogP contribution >= 0.6 is 0 Å². The van der Waals surface area contributed by atoms with Gasteiger partial charge in [-0.1, -0.05) is 12.1 Å². The van der Waals surface area contributed by atoms with Gasteiger partial charge in [0.25, 0.3) is 0 Å². The van der Waals surface area contributed by atoms with Crippen molar-refractivity contribution in [2.24, 2.45) is 0 Å². The summed E-state index contributed by atoms with van der Waals surface area (Å²) in [6, 6.07) is 8.12. The zero-order chi connectivity index (χ0) is 15.2. The van der Waals surface area contributed by atoms with Crippen LogP contribution in [0.2, 0.25) is 0 Å². The van der Waals surface area contributed by atoms with Gasteiger partial charge in [0, 0.05) is 6.20 Å². The zero-order valence-electron chi connectivity index (χ0n) is 9.78. The Morgan fingerprint density at radius 1 is 1.25 bits per heavy atom. The molecule has 0 aliphatic rings. The molecule has 0 aliphatic carbocycles. The third-order valence-corrected chi connectivity index (χ3v) is 2.00. The number of rotatable bonds is 5. The van der Waals surface area contributed by atoms with Gasteiger partial charge in [-0.3, -0.25) is 0 Å². The minimum absolute atomic E-state index is 0.0872. The molecule has 0 unspecified atom stereocenters. The van der Waals surface area contributed by atoms with Crippen LogP contribution in [0.15, 0.2) is 36.0 Å². The van der Waals surface area contributed by atoms with Gasteiger partial charge in [0.15, 0.2) is 0 Å². The molecule has 20 heavy (non-hydrogen) atoms. The second-order valence-corrected chi connectivity index (χ2v) is 3.39. The maximum atomic E-state index is 12.8. The van der Waals surface area contributed by atoms with E-state index in [0.717, 1.165) is 12.3 Å². The number of hydrogen-bond donors (Lipinski definition) is 1. The fraction of sp³-hybridized carbons (Fsp3) is 0.167. The average Bonchev–Trinajstić information content (AvgIpc) is 2.41. The second-order valence-electron chi connectivity index (χ2n) is 3.39. The molecule has 0 aliphatic heterocycles. The van der Waals surface area contributed by atoms with Crippen LogP contribution < -0.4 is 10.1 Å². The fourth-order valence-electron chi connectivity index (χ4n) is 1.11. The number of halogens is 4. The molecule has 0 aromatic heterocycles. The first-order chi connectivity index (χ1) is 9.40. The molecule has 0 bridgehead atoms. The standard InChI is InChI=1S/C12H7F4N3O/c13-11(14)12(15,16)20-10-4-2-1-3-9(10)19-7-8(5-17)6-18/h1-4,7,11,19H. The summed E-state index contributed by atoms with van der Waals surface area (Å²) in [5.41, 5.74) is -0.406. The van der Waals surface area contributed by atoms with Gasteiger partial charge in [-0.15, -0.1) is 0 Å². The van der Waals surface area contributed by atoms with Crippen molar-refractivity contribution in [3.05, 3.63) is 36.0 Å². The molecule has 1 N–H and O–H groups in total. The normalized spacial score (nSPS) is 10.3. The Bertz CT molecular complexity index is 571. The van der Waals surface area contributed by atoms with Crippen molar-refractivity contribution in [1.29, 1.82) is 10.5 Å². The smallest absolute Gasteiger partial charge is 0.426 e. The summed E-state index contributed by atoms with van der Waals surface area (Å²) in [5, 5.41) is 19.4. The van der Waals surface area contributed by atoms with Gasteiger partial charge in [0.1, 0.15) is 23.5 Å². The Balaban J connectivity index is 2.99. The molecular weight excluding hydrogens is 278 g/mol. The lowest BCUT2D eigenvalue weighted by Gasteiger charge is -2.18. The molecule has 0 atom stereocenters. The van der Waals surface area contributed by atoms with E-state index in [9.17, 15) is 17.6 Å². The van der Waals surface area contributed by atoms with Crippen LogP contribution in [0, 0.1) is 22.7 Å². The summed E-state index contributed by atoms with van der Waals surface area (Å²) >= 11 is 0. The number of anilines is 1. The van der Waals surface area contributed by atoms with Crippen molar-refractivity contribution in [2.45, 2.75) is 12.5 Å². The number of nitrogens with one attached hydrogen (secondary N) is 1. The summed E-state index contributed by atoms with van der Waals surface area (Å²) in [5.74, 6) is -0.538. The molecule has 0 heterocycles. The summed E-state index contributed by atoms with van der Waals surface area (Å²) in [6.45, 7) is 0. The van der Waals surface area contributed by atoms with E-state index >= 15 is 0 Å². The van der Waals surface area contributed by atoms with Crippen LogP contribution in [0.25, 0.3) is 0 Å². The Morgan fingerprint density at radius 3 is 2.40 bits per heavy atom. The summed E-state index contributed by atoms with van der Waals surface area (Å²) in [6.07, 6.45) is -7.68. The van der Waals surface area contributed by atoms with E-state index in [4.69, 9.17) is 10.5 Å². The van der Waals surface area contributed by atoms with Crippen LogP contribution in [-0.2, 0) is 0 Å². The minimum Gasteiger partial charge on any atom is -0.426 e. The molecule has 0 saturated carbocycles. The van der Waals surface area contributed by atoms with Crippen molar-refractivity contribution in [3.8, 4) is 17.9 Å². The van der Waals surface area contributed by atoms with Gasteiger partial charge >= 0.3 is 12.5 Å². The monoisotopic (exact) mass is 285 g/mol. The maximum absolute atomic E-state index is 12.8. The molecule has 104 valence electrons. The third kappa shape index (κ3) is 3.89. The SMILES string of the molecule is N#CC(C#N)=CNc1ccccc1OC(F)(F)C(F)F. The van der Waals surface area contributed by atoms with E-state index in [2.05, 4.69) is 10.1 Å². The maximum Gasteiger partial charge on any atom is 0.461 e. The van der Waals surface area contributed by atoms with Crippen molar-refractivity contribution in [1.82, 2.24) is 0 Å². The number of alkyl halides is 4. The zero-order valence-corrected chi connectivity index (χ0v) is 9.78. The molecule has 0 saturated heterocycles. The first-order valence-corrected chi connectivity index (χ1v) is 5.11. The Labute approximate surface area is 111 Å². The lowest BCUT2D eigenvalue weighted by Crippen LogP contribution is -2.33. The van der Waals surface area contributed by atoms with Crippen LogP contribution in [-0.4, -0.2) is 12.5 Å². The summed E-state index contributed by atoms with van der Waals surface area (Å²) < 4.78 is 53.7. The number of benzene rings is 1. The third-order valence-electron chi connectivity index (χ3n) is 2.00. The highest BCUT2D eigenvalue weighted by Crippen LogP contribution is 2.32. The first kappa shape index (κ1) is 15.3. The Hall–Kier alpha value is -2.74. The molecule has 1 rings (SSSR count). The van der Waals surface area contributed by atoms with E-state index in [1.165, 1.54) is 30.3 Å². The van der Waals surface area contributed by atoms with E-state index in [0.29, 0.717) is 0 Å². The Kier molecular flexibility index (Phi) is 4.93. The summed E-state index contributed by atoms with van der Waals surface area (Å²) in [7, 11) is 0. The molecule has 8 heteroatoms. The number of nitriles is 2. The minimum atomic E-state index is -4.64. The van der Waals surface area contributed by atoms with E-state index < -0.39 is 18.3 Å². The highest BCUT2D eigenvalue weighted by molar-refractivity contribution is 5.59. The fourth-order valence-corrected chi connectivity index (χ4v) is 1.11. The van der Waals surface area contributed by atoms with Crippen molar-refractivity contribution in [2.75, 3.05) is 5.32 Å². The first-order valence-electron chi connectivity index (χ1n) is 5.11. The predicted molar refractivity (Wildman–Crippen MR) is 61.0 cm³/mol. The van der Waals surface area contributed by atoms with Crippen LogP contribution in [0.5, 0.6) is 5.75 Å². The van der Waals surface area contributed by atoms with E-state index in [-0.39, 0.29) is 11.3 Å². The topological polar surface area (TPSA) is 68.8 Å². The van der Waals surface area contributed by atoms with Gasteiger partial charge < -0.3 is 10.1 Å². The molecule has 1 aromatic rings. The Morgan fingerprint density at radius 2 is 1.85 bits per heavy atom. The van der Waals surface area contributed by atoms with Gasteiger partial charge in [0.05, 0.1) is 5.69 Å². The van der Waals surface area contributed by atoms with Crippen LogP contribution in [0.4, 0.5) is 23.2 Å². The predicted octanol–water partition coefficient (Wildman–Crippen LogP) is 3.27. The van der Waals surface area contributed by atoms with Gasteiger partial charge in [-0.05, 0) is 12.1 Å². The summed E-state index contributed by atoms with van der Waals surface area (Å²) in [4.78, 5) is 0. The van der Waals surface area contributed by atoms with Crippen LogP contribution in [0.1, 0.15) is 0 Å². The molecule has 0 radical (unpaired) electrons. The lowest BCUT2D eigenvalue weighted by molar-refractivity contribution is -0.252. The van der Waals surface area contributed by atoms with Gasteiger partial charge in [0.2, 0.25) is 0 Å². The van der Waals surface area contributed by atoms with E-state index in [1.807, 2.05) is 0 Å². The lowest BCUT2D eigenvalue weighted by atomic mass is 10.3. The van der Waals surface area contributed by atoms with Crippen molar-refractivity contribution in [3.63, 3.8) is 0 Å². The number of hydrogen-bond acceptors (Lipinski definition) is 4. The van der Waals surface area contributed by atoms with Crippen molar-refractivity contribution >= 4 is 5.69 Å². The number of allylic oxidation sites excluding steroid dienone is 1. The quantitative estimate of drug-likeness (QED) is 0.666. The number of nitrogens with zero attached hydrogens (tertiary/aromatic N) is 2. The molecule has 4 nitrogen and oxygen atoms in total. The van der Waals surface area contributed by atoms with Crippen molar-refractivity contribution < 1.29 is 22.3 Å². The van der Waals surface area contributed by atoms with E-state index in [1.54, 1.807) is 0 Å². The number of para-hydroxylation sites is 2. The molecule has 0 fully saturated rings. The molecule has 0 spiro atoms. The second kappa shape index (κ2) is 6.43. The largest absolute Gasteiger partial charge is 0.461 e. The molecule has 1 aromatic carbocycles. The molecular formula is C12H7F4N3O. The highest BCUT2D eigenvalue weighted by Gasteiger charge is 2.44. The molecule has 0 amide bonds. The highest BCUT2D eigenvalue weighted by atomic mass is 19.3.